The van der Waals surface area contributed by atoms with Crippen LogP contribution in [0.4, 0.5) is 18.0 Å². The number of benzene rings is 1. The molecule has 8 heteroatoms. The van der Waals surface area contributed by atoms with Crippen LogP contribution in [-0.2, 0) is 14.3 Å². The molecule has 0 heterocycles. The van der Waals surface area contributed by atoms with E-state index in [9.17, 15) is 22.8 Å². The van der Waals surface area contributed by atoms with Gasteiger partial charge in [0.25, 0.3) is 5.54 Å². The van der Waals surface area contributed by atoms with Crippen LogP contribution >= 0.6 is 0 Å². The number of methoxy groups -OCH3 is 1. The van der Waals surface area contributed by atoms with E-state index in [4.69, 9.17) is 4.74 Å². The Kier molecular flexibility index (Phi) is 6.31. The number of amides is 1. The lowest BCUT2D eigenvalue weighted by Gasteiger charge is -2.30. The Morgan fingerprint density at radius 1 is 1.12 bits per heavy atom. The van der Waals surface area contributed by atoms with Gasteiger partial charge >= 0.3 is 18.2 Å². The topological polar surface area (TPSA) is 64.6 Å². The number of esters is 1. The van der Waals surface area contributed by atoms with Crippen LogP contribution < -0.4 is 5.32 Å². The van der Waals surface area contributed by atoms with Gasteiger partial charge in [-0.1, -0.05) is 24.1 Å². The Balaban J connectivity index is 3.44. The number of carbonyl (C=O) groups excluding carboxylic acids is 2. The van der Waals surface area contributed by atoms with Gasteiger partial charge in [0, 0.05) is 5.56 Å². The van der Waals surface area contributed by atoms with Gasteiger partial charge in [0.15, 0.2) is 0 Å². The van der Waals surface area contributed by atoms with Crippen molar-refractivity contribution >= 4 is 12.1 Å². The monoisotopic (exact) mass is 371 g/mol. The molecule has 0 aromatic heterocycles. The van der Waals surface area contributed by atoms with E-state index in [0.29, 0.717) is 5.56 Å². The van der Waals surface area contributed by atoms with Crippen LogP contribution in [0.1, 0.15) is 31.9 Å². The molecule has 1 amide bonds. The fourth-order valence-electron chi connectivity index (χ4n) is 1.87. The SMILES string of the molecule is COC(=O)C(C#Cc1ccccc1C)(NC(=O)OC(C)(C)C)C(F)(F)F. The maximum Gasteiger partial charge on any atom is 0.434 e. The molecule has 0 bridgehead atoms. The third-order valence-corrected chi connectivity index (χ3v) is 3.13. The van der Waals surface area contributed by atoms with Crippen LogP contribution in [0.3, 0.4) is 0 Å². The van der Waals surface area contributed by atoms with E-state index in [1.807, 2.05) is 5.92 Å². The Bertz CT molecular complexity index is 741. The van der Waals surface area contributed by atoms with Crippen LogP contribution in [0.25, 0.3) is 0 Å². The fourth-order valence-corrected chi connectivity index (χ4v) is 1.87. The van der Waals surface area contributed by atoms with Gasteiger partial charge in [-0.05, 0) is 45.2 Å². The molecule has 1 aromatic rings. The number of alkyl carbamates (subject to hydrolysis) is 1. The summed E-state index contributed by atoms with van der Waals surface area (Å²) in [6.07, 6.45) is -6.69. The lowest BCUT2D eigenvalue weighted by atomic mass is 9.98. The maximum absolute atomic E-state index is 13.7. The summed E-state index contributed by atoms with van der Waals surface area (Å²) in [5.74, 6) is 2.37. The number of ether oxygens (including phenoxy) is 2. The van der Waals surface area contributed by atoms with Crippen molar-refractivity contribution in [1.82, 2.24) is 5.32 Å². The number of carbonyl (C=O) groups is 2. The largest absolute Gasteiger partial charge is 0.466 e. The van der Waals surface area contributed by atoms with Crippen molar-refractivity contribution in [3.63, 3.8) is 0 Å². The standard InChI is InChI=1S/C18H20F3NO4/c1-12-8-6-7-9-13(12)10-11-17(14(23)25-5,18(19,20)21)22-15(24)26-16(2,3)4/h6-9H,1-5H3,(H,22,24). The molecule has 0 aliphatic carbocycles. The minimum Gasteiger partial charge on any atom is -0.466 e. The van der Waals surface area contributed by atoms with E-state index in [1.165, 1.54) is 32.2 Å². The average Bonchev–Trinajstić information content (AvgIpc) is 2.49. The summed E-state index contributed by atoms with van der Waals surface area (Å²) in [7, 11) is 0.773. The highest BCUT2D eigenvalue weighted by molar-refractivity contribution is 5.91. The number of rotatable bonds is 2. The number of halogens is 3. The van der Waals surface area contributed by atoms with E-state index in [0.717, 1.165) is 7.11 Å². The first kappa shape index (κ1) is 21.4. The molecular formula is C18H20F3NO4. The highest BCUT2D eigenvalue weighted by atomic mass is 19.4. The quantitative estimate of drug-likeness (QED) is 0.640. The molecule has 0 aliphatic heterocycles. The molecule has 0 aliphatic rings. The molecule has 0 saturated carbocycles. The second kappa shape index (κ2) is 7.68. The van der Waals surface area contributed by atoms with E-state index < -0.39 is 29.4 Å². The number of hydrogen-bond acceptors (Lipinski definition) is 4. The molecule has 26 heavy (non-hydrogen) atoms. The Morgan fingerprint density at radius 3 is 2.15 bits per heavy atom. The minimum atomic E-state index is -5.24. The molecule has 1 atom stereocenters. The zero-order valence-corrected chi connectivity index (χ0v) is 15.1. The van der Waals surface area contributed by atoms with Crippen LogP contribution in [0.2, 0.25) is 0 Å². The van der Waals surface area contributed by atoms with Crippen LogP contribution in [-0.4, -0.2) is 36.5 Å². The van der Waals surface area contributed by atoms with Gasteiger partial charge in [-0.15, -0.1) is 0 Å². The highest BCUT2D eigenvalue weighted by Crippen LogP contribution is 2.32. The van der Waals surface area contributed by atoms with Crippen molar-refractivity contribution in [3.8, 4) is 11.8 Å². The molecule has 1 N–H and O–H groups in total. The predicted molar refractivity (Wildman–Crippen MR) is 88.2 cm³/mol. The molecule has 1 aromatic carbocycles. The van der Waals surface area contributed by atoms with Crippen molar-refractivity contribution in [2.24, 2.45) is 0 Å². The molecule has 142 valence electrons. The number of hydrogen-bond donors (Lipinski definition) is 1. The summed E-state index contributed by atoms with van der Waals surface area (Å²) in [5, 5.41) is 1.53. The highest BCUT2D eigenvalue weighted by Gasteiger charge is 2.63. The van der Waals surface area contributed by atoms with Gasteiger partial charge in [0.05, 0.1) is 7.11 Å². The zero-order chi connectivity index (χ0) is 20.2. The van der Waals surface area contributed by atoms with Crippen molar-refractivity contribution in [2.75, 3.05) is 7.11 Å². The summed E-state index contributed by atoms with van der Waals surface area (Å²) in [5.41, 5.74) is -3.75. The van der Waals surface area contributed by atoms with Crippen molar-refractivity contribution in [2.45, 2.75) is 45.0 Å². The van der Waals surface area contributed by atoms with Gasteiger partial charge in [-0.2, -0.15) is 13.2 Å². The summed E-state index contributed by atoms with van der Waals surface area (Å²) >= 11 is 0. The van der Waals surface area contributed by atoms with Gasteiger partial charge in [0.2, 0.25) is 0 Å². The normalized spacial score (nSPS) is 13.7. The predicted octanol–water partition coefficient (Wildman–Crippen LogP) is 3.35. The number of nitrogens with one attached hydrogen (secondary N) is 1. The third kappa shape index (κ3) is 5.15. The molecule has 0 fully saturated rings. The summed E-state index contributed by atoms with van der Waals surface area (Å²) < 4.78 is 50.3. The first-order valence-corrected chi connectivity index (χ1v) is 7.57. The van der Waals surface area contributed by atoms with E-state index >= 15 is 0 Å². The van der Waals surface area contributed by atoms with Crippen LogP contribution in [0, 0.1) is 18.8 Å². The molecule has 0 spiro atoms. The van der Waals surface area contributed by atoms with Gasteiger partial charge in [-0.25, -0.2) is 9.59 Å². The second-order valence-corrected chi connectivity index (χ2v) is 6.43. The smallest absolute Gasteiger partial charge is 0.434 e. The Hall–Kier alpha value is -2.69. The third-order valence-electron chi connectivity index (χ3n) is 3.13. The fraction of sp³-hybridized carbons (Fsp3) is 0.444. The lowest BCUT2D eigenvalue weighted by molar-refractivity contribution is -0.197. The molecule has 0 radical (unpaired) electrons. The average molecular weight is 371 g/mol. The first-order valence-electron chi connectivity index (χ1n) is 7.57. The Labute approximate surface area is 149 Å². The summed E-state index contributed by atoms with van der Waals surface area (Å²) in [6.45, 7) is 6.07. The summed E-state index contributed by atoms with van der Waals surface area (Å²) in [6, 6.07) is 6.43. The van der Waals surface area contributed by atoms with E-state index in [-0.39, 0.29) is 5.56 Å². The minimum absolute atomic E-state index is 0.274. The van der Waals surface area contributed by atoms with E-state index in [2.05, 4.69) is 10.7 Å². The van der Waals surface area contributed by atoms with E-state index in [1.54, 1.807) is 25.1 Å². The molecule has 0 saturated heterocycles. The molecule has 1 rings (SSSR count). The van der Waals surface area contributed by atoms with Crippen LogP contribution in [0.5, 0.6) is 0 Å². The number of alkyl halides is 3. The zero-order valence-electron chi connectivity index (χ0n) is 15.1. The molecule has 1 unspecified atom stereocenters. The van der Waals surface area contributed by atoms with Crippen molar-refractivity contribution in [3.05, 3.63) is 35.4 Å². The van der Waals surface area contributed by atoms with Gasteiger partial charge in [-0.3, -0.25) is 5.32 Å². The maximum atomic E-state index is 13.7. The molecule has 5 nitrogen and oxygen atoms in total. The lowest BCUT2D eigenvalue weighted by Crippen LogP contribution is -2.64. The molecular weight excluding hydrogens is 351 g/mol. The van der Waals surface area contributed by atoms with Crippen molar-refractivity contribution < 1.29 is 32.2 Å². The first-order chi connectivity index (χ1) is 11.8. The second-order valence-electron chi connectivity index (χ2n) is 6.43. The van der Waals surface area contributed by atoms with Crippen molar-refractivity contribution in [1.29, 1.82) is 0 Å². The number of aryl methyl sites for hydroxylation is 1. The van der Waals surface area contributed by atoms with Gasteiger partial charge < -0.3 is 9.47 Å². The Morgan fingerprint density at radius 2 is 1.69 bits per heavy atom. The van der Waals surface area contributed by atoms with Gasteiger partial charge in [0.1, 0.15) is 5.60 Å². The summed E-state index contributed by atoms with van der Waals surface area (Å²) in [4.78, 5) is 23.9. The van der Waals surface area contributed by atoms with Crippen LogP contribution in [0.15, 0.2) is 24.3 Å².